The number of benzene rings is 2. The number of hydrogen-bond acceptors (Lipinski definition) is 6. The van der Waals surface area contributed by atoms with Gasteiger partial charge >= 0.3 is 0 Å². The smallest absolute Gasteiger partial charge is 0.192 e. The molecule has 0 unspecified atom stereocenters. The molecule has 0 atom stereocenters. The van der Waals surface area contributed by atoms with Gasteiger partial charge in [-0.05, 0) is 29.7 Å². The van der Waals surface area contributed by atoms with Crippen LogP contribution in [0.4, 0.5) is 5.69 Å². The van der Waals surface area contributed by atoms with Crippen molar-refractivity contribution < 1.29 is 19.0 Å². The van der Waals surface area contributed by atoms with Crippen LogP contribution >= 0.6 is 0 Å². The summed E-state index contributed by atoms with van der Waals surface area (Å²) in [5.74, 6) is 2.21. The molecule has 0 spiro atoms. The second kappa shape index (κ2) is 9.71. The standard InChI is InChI=1S/C9H9NO2.C7H9NO2.C5H12/c1-6-10-8-5-7(11-2)3-4-9(8)12-6;1-10-5-2-3-7(9)6(8)4-5;1-5(2,3)4/h3-5H,1-2H3;2-4,9H,8H2,1H3;1-4H3. The summed E-state index contributed by atoms with van der Waals surface area (Å²) in [6.45, 7) is 10.6. The van der Waals surface area contributed by atoms with Crippen LogP contribution in [0, 0.1) is 12.3 Å². The van der Waals surface area contributed by atoms with Crippen LogP contribution in [0.15, 0.2) is 40.8 Å². The third kappa shape index (κ3) is 8.35. The highest BCUT2D eigenvalue weighted by atomic mass is 16.5. The lowest BCUT2D eigenvalue weighted by Crippen LogP contribution is -1.93. The van der Waals surface area contributed by atoms with Gasteiger partial charge in [-0.1, -0.05) is 27.7 Å². The molecule has 0 aliphatic carbocycles. The Kier molecular flexibility index (Phi) is 7.97. The zero-order chi connectivity index (χ0) is 20.6. The number of rotatable bonds is 2. The number of methoxy groups -OCH3 is 2. The van der Waals surface area contributed by atoms with E-state index >= 15 is 0 Å². The number of nitrogen functional groups attached to an aromatic ring is 1. The maximum absolute atomic E-state index is 8.96. The molecule has 0 amide bonds. The number of oxazole rings is 1. The number of fused-ring (bicyclic) bond motifs is 1. The summed E-state index contributed by atoms with van der Waals surface area (Å²) in [4.78, 5) is 4.18. The largest absolute Gasteiger partial charge is 0.506 e. The van der Waals surface area contributed by atoms with Gasteiger partial charge in [-0.2, -0.15) is 0 Å². The Hall–Kier alpha value is -2.89. The van der Waals surface area contributed by atoms with Gasteiger partial charge < -0.3 is 24.7 Å². The van der Waals surface area contributed by atoms with Crippen LogP contribution in [0.2, 0.25) is 0 Å². The number of phenolic OH excluding ortho intramolecular Hbond substituents is 1. The lowest BCUT2D eigenvalue weighted by atomic mass is 10.0. The molecule has 2 aromatic carbocycles. The minimum atomic E-state index is 0.0841. The monoisotopic (exact) mass is 374 g/mol. The molecule has 148 valence electrons. The van der Waals surface area contributed by atoms with Crippen LogP contribution in [0.1, 0.15) is 33.6 Å². The average Bonchev–Trinajstić information content (AvgIpc) is 2.95. The minimum absolute atomic E-state index is 0.0841. The molecule has 3 rings (SSSR count). The van der Waals surface area contributed by atoms with Gasteiger partial charge in [0.05, 0.1) is 19.9 Å². The normalized spacial score (nSPS) is 10.3. The van der Waals surface area contributed by atoms with Crippen LogP contribution in [0.25, 0.3) is 11.1 Å². The molecule has 0 aliphatic rings. The lowest BCUT2D eigenvalue weighted by molar-refractivity contribution is 0.413. The summed E-state index contributed by atoms with van der Waals surface area (Å²) in [7, 11) is 3.18. The van der Waals surface area contributed by atoms with E-state index in [0.29, 0.717) is 22.7 Å². The highest BCUT2D eigenvalue weighted by molar-refractivity contribution is 5.74. The van der Waals surface area contributed by atoms with Gasteiger partial charge in [0.1, 0.15) is 22.8 Å². The molecule has 0 aliphatic heterocycles. The van der Waals surface area contributed by atoms with E-state index in [0.717, 1.165) is 16.8 Å². The molecular formula is C21H30N2O4. The van der Waals surface area contributed by atoms with Crippen molar-refractivity contribution in [2.24, 2.45) is 5.41 Å². The molecule has 0 saturated heterocycles. The number of aromatic nitrogens is 1. The maximum Gasteiger partial charge on any atom is 0.192 e. The third-order valence-electron chi connectivity index (χ3n) is 2.94. The zero-order valence-corrected chi connectivity index (χ0v) is 17.2. The molecule has 3 aromatic rings. The molecule has 1 aromatic heterocycles. The van der Waals surface area contributed by atoms with E-state index in [1.807, 2.05) is 25.1 Å². The van der Waals surface area contributed by atoms with E-state index < -0.39 is 0 Å². The Bertz CT molecular complexity index is 845. The first-order valence-electron chi connectivity index (χ1n) is 8.57. The van der Waals surface area contributed by atoms with E-state index in [1.165, 1.54) is 6.07 Å². The number of ether oxygens (including phenoxy) is 2. The number of aryl methyl sites for hydroxylation is 1. The van der Waals surface area contributed by atoms with Gasteiger partial charge in [-0.3, -0.25) is 0 Å². The molecule has 1 heterocycles. The SMILES string of the molecule is CC(C)(C)C.COc1ccc(O)c(N)c1.COc1ccc2oc(C)nc2c1. The van der Waals surface area contributed by atoms with E-state index in [4.69, 9.17) is 24.7 Å². The first kappa shape index (κ1) is 22.2. The van der Waals surface area contributed by atoms with Crippen LogP contribution in [0.5, 0.6) is 17.2 Å². The van der Waals surface area contributed by atoms with E-state index in [1.54, 1.807) is 26.4 Å². The van der Waals surface area contributed by atoms with Crippen LogP contribution in [-0.2, 0) is 0 Å². The predicted octanol–water partition coefficient (Wildman–Crippen LogP) is 5.18. The summed E-state index contributed by atoms with van der Waals surface area (Å²) >= 11 is 0. The molecule has 3 N–H and O–H groups in total. The second-order valence-corrected chi connectivity index (χ2v) is 7.49. The van der Waals surface area contributed by atoms with Crippen molar-refractivity contribution in [3.8, 4) is 17.2 Å². The van der Waals surface area contributed by atoms with Gasteiger partial charge in [0.15, 0.2) is 11.5 Å². The highest BCUT2D eigenvalue weighted by Crippen LogP contribution is 2.24. The Morgan fingerprint density at radius 3 is 2.00 bits per heavy atom. The van der Waals surface area contributed by atoms with Crippen molar-refractivity contribution in [1.29, 1.82) is 0 Å². The summed E-state index contributed by atoms with van der Waals surface area (Å²) in [5, 5.41) is 8.96. The minimum Gasteiger partial charge on any atom is -0.506 e. The number of phenols is 1. The zero-order valence-electron chi connectivity index (χ0n) is 17.2. The van der Waals surface area contributed by atoms with Gasteiger partial charge in [0, 0.05) is 19.1 Å². The van der Waals surface area contributed by atoms with Crippen molar-refractivity contribution in [1.82, 2.24) is 4.98 Å². The molecule has 0 saturated carbocycles. The molecule has 0 bridgehead atoms. The van der Waals surface area contributed by atoms with E-state index in [2.05, 4.69) is 32.7 Å². The summed E-state index contributed by atoms with van der Waals surface area (Å²) in [5.41, 5.74) is 7.84. The summed E-state index contributed by atoms with van der Waals surface area (Å²) in [6, 6.07) is 10.3. The molecule has 0 fully saturated rings. The molecule has 6 heteroatoms. The number of aromatic hydroxyl groups is 1. The topological polar surface area (TPSA) is 90.7 Å². The fourth-order valence-corrected chi connectivity index (χ4v) is 1.81. The number of nitrogens with two attached hydrogens (primary N) is 1. The van der Waals surface area contributed by atoms with Gasteiger partial charge in [0.2, 0.25) is 0 Å². The van der Waals surface area contributed by atoms with Crippen molar-refractivity contribution in [2.75, 3.05) is 20.0 Å². The fourth-order valence-electron chi connectivity index (χ4n) is 1.81. The fraction of sp³-hybridized carbons (Fsp3) is 0.381. The van der Waals surface area contributed by atoms with Crippen molar-refractivity contribution in [2.45, 2.75) is 34.6 Å². The number of nitrogens with zero attached hydrogens (tertiary/aromatic N) is 1. The van der Waals surface area contributed by atoms with Gasteiger partial charge in [-0.25, -0.2) is 4.98 Å². The Labute approximate surface area is 160 Å². The molecular weight excluding hydrogens is 344 g/mol. The predicted molar refractivity (Wildman–Crippen MR) is 109 cm³/mol. The Morgan fingerprint density at radius 1 is 0.963 bits per heavy atom. The van der Waals surface area contributed by atoms with Gasteiger partial charge in [-0.15, -0.1) is 0 Å². The van der Waals surface area contributed by atoms with Crippen molar-refractivity contribution in [3.63, 3.8) is 0 Å². The van der Waals surface area contributed by atoms with Crippen LogP contribution in [-0.4, -0.2) is 24.3 Å². The molecule has 27 heavy (non-hydrogen) atoms. The average molecular weight is 374 g/mol. The Balaban J connectivity index is 0.000000221. The summed E-state index contributed by atoms with van der Waals surface area (Å²) < 4.78 is 15.2. The molecule has 0 radical (unpaired) electrons. The quantitative estimate of drug-likeness (QED) is 0.474. The van der Waals surface area contributed by atoms with Crippen molar-refractivity contribution in [3.05, 3.63) is 42.3 Å². The molecule has 6 nitrogen and oxygen atoms in total. The second-order valence-electron chi connectivity index (χ2n) is 7.49. The van der Waals surface area contributed by atoms with Gasteiger partial charge in [0.25, 0.3) is 0 Å². The lowest BCUT2D eigenvalue weighted by Gasteiger charge is -2.05. The first-order chi connectivity index (χ1) is 12.5. The first-order valence-corrected chi connectivity index (χ1v) is 8.57. The third-order valence-corrected chi connectivity index (χ3v) is 2.94. The van der Waals surface area contributed by atoms with E-state index in [9.17, 15) is 0 Å². The van der Waals surface area contributed by atoms with Crippen molar-refractivity contribution >= 4 is 16.8 Å². The van der Waals surface area contributed by atoms with Crippen LogP contribution in [0.3, 0.4) is 0 Å². The van der Waals surface area contributed by atoms with Crippen LogP contribution < -0.4 is 15.2 Å². The number of anilines is 1. The maximum atomic E-state index is 8.96. The number of hydrogen-bond donors (Lipinski definition) is 2. The highest BCUT2D eigenvalue weighted by Gasteiger charge is 2.02. The summed E-state index contributed by atoms with van der Waals surface area (Å²) in [6.07, 6.45) is 0. The Morgan fingerprint density at radius 2 is 1.48 bits per heavy atom. The van der Waals surface area contributed by atoms with E-state index in [-0.39, 0.29) is 5.75 Å².